The smallest absolute Gasteiger partial charge is 0.0655 e. The lowest BCUT2D eigenvalue weighted by Gasteiger charge is -2.13. The molecule has 72 valence electrons. The highest BCUT2D eigenvalue weighted by Crippen LogP contribution is 2.19. The van der Waals surface area contributed by atoms with Crippen LogP contribution >= 0.6 is 22.6 Å². The molecule has 1 aromatic rings. The Balaban J connectivity index is 2.91. The third-order valence-corrected chi connectivity index (χ3v) is 2.88. The van der Waals surface area contributed by atoms with Crippen molar-refractivity contribution in [1.29, 1.82) is 0 Å². The largest absolute Gasteiger partial charge is 0.383 e. The first-order chi connectivity index (χ1) is 6.15. The molecule has 0 unspecified atom stereocenters. The second-order valence-electron chi connectivity index (χ2n) is 3.09. The summed E-state index contributed by atoms with van der Waals surface area (Å²) in [4.78, 5) is 0. The van der Waals surface area contributed by atoms with Crippen LogP contribution in [0.3, 0.4) is 0 Å². The Morgan fingerprint density at radius 3 is 2.85 bits per heavy atom. The standard InChI is InChI=1S/C10H14INO/c1-7-3-4-9(11)8(5-7)10(12)6-13-2/h3-5,10H,6,12H2,1-2H3/t10-/m1/s1. The number of benzene rings is 1. The Hall–Kier alpha value is -0.130. The van der Waals surface area contributed by atoms with Gasteiger partial charge in [0.15, 0.2) is 0 Å². The zero-order valence-electron chi connectivity index (χ0n) is 7.88. The summed E-state index contributed by atoms with van der Waals surface area (Å²) in [6.45, 7) is 2.64. The number of ether oxygens (including phenoxy) is 1. The summed E-state index contributed by atoms with van der Waals surface area (Å²) in [6.07, 6.45) is 0. The van der Waals surface area contributed by atoms with E-state index in [1.54, 1.807) is 7.11 Å². The van der Waals surface area contributed by atoms with Crippen molar-refractivity contribution in [2.24, 2.45) is 5.73 Å². The fraction of sp³-hybridized carbons (Fsp3) is 0.400. The molecule has 0 amide bonds. The van der Waals surface area contributed by atoms with Gasteiger partial charge in [-0.25, -0.2) is 0 Å². The van der Waals surface area contributed by atoms with Crippen LogP contribution in [-0.4, -0.2) is 13.7 Å². The molecule has 2 nitrogen and oxygen atoms in total. The minimum Gasteiger partial charge on any atom is -0.383 e. The van der Waals surface area contributed by atoms with Gasteiger partial charge >= 0.3 is 0 Å². The topological polar surface area (TPSA) is 35.2 Å². The molecular weight excluding hydrogens is 277 g/mol. The molecule has 1 atom stereocenters. The SMILES string of the molecule is COC[C@@H](N)c1cc(C)ccc1I. The Bertz CT molecular complexity index is 288. The van der Waals surface area contributed by atoms with Crippen LogP contribution < -0.4 is 5.73 Å². The van der Waals surface area contributed by atoms with E-state index >= 15 is 0 Å². The molecule has 0 aliphatic carbocycles. The maximum atomic E-state index is 5.95. The molecule has 0 heterocycles. The highest BCUT2D eigenvalue weighted by molar-refractivity contribution is 14.1. The molecule has 0 aliphatic rings. The van der Waals surface area contributed by atoms with Crippen LogP contribution in [0.5, 0.6) is 0 Å². The van der Waals surface area contributed by atoms with E-state index in [1.165, 1.54) is 14.7 Å². The molecule has 0 fully saturated rings. The molecular formula is C10H14INO. The van der Waals surface area contributed by atoms with Gasteiger partial charge in [-0.05, 0) is 41.1 Å². The predicted octanol–water partition coefficient (Wildman–Crippen LogP) is 2.25. The summed E-state index contributed by atoms with van der Waals surface area (Å²) in [5.41, 5.74) is 8.35. The predicted molar refractivity (Wildman–Crippen MR) is 62.7 cm³/mol. The van der Waals surface area contributed by atoms with Gasteiger partial charge in [-0.3, -0.25) is 0 Å². The van der Waals surface area contributed by atoms with Crippen molar-refractivity contribution in [2.75, 3.05) is 13.7 Å². The quantitative estimate of drug-likeness (QED) is 0.867. The van der Waals surface area contributed by atoms with Crippen LogP contribution in [0.2, 0.25) is 0 Å². The number of halogens is 1. The number of nitrogens with two attached hydrogens (primary N) is 1. The molecule has 0 aromatic heterocycles. The Morgan fingerprint density at radius 2 is 2.23 bits per heavy atom. The first kappa shape index (κ1) is 10.9. The second-order valence-corrected chi connectivity index (χ2v) is 4.25. The van der Waals surface area contributed by atoms with Crippen molar-refractivity contribution in [2.45, 2.75) is 13.0 Å². The number of rotatable bonds is 3. The molecule has 0 saturated heterocycles. The van der Waals surface area contributed by atoms with E-state index in [0.717, 1.165) is 0 Å². The molecule has 0 saturated carbocycles. The van der Waals surface area contributed by atoms with Crippen LogP contribution in [0.4, 0.5) is 0 Å². The average Bonchev–Trinajstić information content (AvgIpc) is 2.09. The van der Waals surface area contributed by atoms with Crippen LogP contribution in [0, 0.1) is 10.5 Å². The van der Waals surface area contributed by atoms with E-state index in [4.69, 9.17) is 10.5 Å². The fourth-order valence-electron chi connectivity index (χ4n) is 1.22. The normalized spacial score (nSPS) is 12.9. The molecule has 0 aliphatic heterocycles. The van der Waals surface area contributed by atoms with Crippen molar-refractivity contribution in [1.82, 2.24) is 0 Å². The molecule has 1 rings (SSSR count). The number of methoxy groups -OCH3 is 1. The first-order valence-electron chi connectivity index (χ1n) is 4.15. The molecule has 2 N–H and O–H groups in total. The minimum atomic E-state index is -0.0169. The number of hydrogen-bond acceptors (Lipinski definition) is 2. The Kier molecular flexibility index (Phi) is 4.15. The van der Waals surface area contributed by atoms with E-state index in [-0.39, 0.29) is 6.04 Å². The summed E-state index contributed by atoms with van der Waals surface area (Å²) >= 11 is 2.30. The number of hydrogen-bond donors (Lipinski definition) is 1. The van der Waals surface area contributed by atoms with Gasteiger partial charge in [-0.15, -0.1) is 0 Å². The molecule has 0 bridgehead atoms. The lowest BCUT2D eigenvalue weighted by atomic mass is 10.1. The Labute approximate surface area is 92.6 Å². The van der Waals surface area contributed by atoms with E-state index < -0.39 is 0 Å². The van der Waals surface area contributed by atoms with Gasteiger partial charge < -0.3 is 10.5 Å². The second kappa shape index (κ2) is 4.93. The lowest BCUT2D eigenvalue weighted by Crippen LogP contribution is -2.17. The third kappa shape index (κ3) is 2.93. The average molecular weight is 291 g/mol. The summed E-state index contributed by atoms with van der Waals surface area (Å²) in [5.74, 6) is 0. The maximum Gasteiger partial charge on any atom is 0.0655 e. The fourth-order valence-corrected chi connectivity index (χ4v) is 1.95. The van der Waals surface area contributed by atoms with Gasteiger partial charge in [-0.1, -0.05) is 17.7 Å². The summed E-state index contributed by atoms with van der Waals surface area (Å²) in [7, 11) is 1.67. The van der Waals surface area contributed by atoms with Crippen molar-refractivity contribution >= 4 is 22.6 Å². The summed E-state index contributed by atoms with van der Waals surface area (Å²) < 4.78 is 6.23. The van der Waals surface area contributed by atoms with Crippen molar-refractivity contribution in [3.05, 3.63) is 32.9 Å². The van der Waals surface area contributed by atoms with E-state index in [0.29, 0.717) is 6.61 Å². The lowest BCUT2D eigenvalue weighted by molar-refractivity contribution is 0.180. The van der Waals surface area contributed by atoms with Crippen molar-refractivity contribution < 1.29 is 4.74 Å². The molecule has 0 spiro atoms. The van der Waals surface area contributed by atoms with Crippen LogP contribution in [0.1, 0.15) is 17.2 Å². The maximum absolute atomic E-state index is 5.95. The first-order valence-corrected chi connectivity index (χ1v) is 5.23. The molecule has 3 heteroatoms. The highest BCUT2D eigenvalue weighted by atomic mass is 127. The minimum absolute atomic E-state index is 0.0169. The molecule has 1 aromatic carbocycles. The van der Waals surface area contributed by atoms with Gasteiger partial charge in [0.25, 0.3) is 0 Å². The third-order valence-electron chi connectivity index (χ3n) is 1.90. The van der Waals surface area contributed by atoms with Crippen molar-refractivity contribution in [3.63, 3.8) is 0 Å². The highest BCUT2D eigenvalue weighted by Gasteiger charge is 2.08. The van der Waals surface area contributed by atoms with Gasteiger partial charge in [0.2, 0.25) is 0 Å². The van der Waals surface area contributed by atoms with E-state index in [1.807, 2.05) is 0 Å². The van der Waals surface area contributed by atoms with Gasteiger partial charge in [-0.2, -0.15) is 0 Å². The van der Waals surface area contributed by atoms with Gasteiger partial charge in [0, 0.05) is 10.7 Å². The summed E-state index contributed by atoms with van der Waals surface area (Å²) in [5, 5.41) is 0. The zero-order valence-corrected chi connectivity index (χ0v) is 10.0. The summed E-state index contributed by atoms with van der Waals surface area (Å²) in [6, 6.07) is 6.27. The molecule has 0 radical (unpaired) electrons. The van der Waals surface area contributed by atoms with Gasteiger partial charge in [0.05, 0.1) is 12.6 Å². The van der Waals surface area contributed by atoms with E-state index in [2.05, 4.69) is 47.7 Å². The molecule has 13 heavy (non-hydrogen) atoms. The Morgan fingerprint density at radius 1 is 1.54 bits per heavy atom. The van der Waals surface area contributed by atoms with E-state index in [9.17, 15) is 0 Å². The number of aryl methyl sites for hydroxylation is 1. The van der Waals surface area contributed by atoms with Crippen LogP contribution in [0.15, 0.2) is 18.2 Å². The van der Waals surface area contributed by atoms with Crippen LogP contribution in [-0.2, 0) is 4.74 Å². The van der Waals surface area contributed by atoms with Crippen LogP contribution in [0.25, 0.3) is 0 Å². The zero-order chi connectivity index (χ0) is 9.84. The monoisotopic (exact) mass is 291 g/mol. The van der Waals surface area contributed by atoms with Crippen molar-refractivity contribution in [3.8, 4) is 0 Å². The van der Waals surface area contributed by atoms with Gasteiger partial charge in [0.1, 0.15) is 0 Å².